The van der Waals surface area contributed by atoms with Crippen molar-refractivity contribution in [2.24, 2.45) is 0 Å². The Morgan fingerprint density at radius 2 is 2.08 bits per heavy atom. The van der Waals surface area contributed by atoms with Crippen LogP contribution in [0.5, 0.6) is 5.75 Å². The van der Waals surface area contributed by atoms with E-state index >= 15 is 0 Å². The average molecular weight is 376 g/mol. The zero-order valence-corrected chi connectivity index (χ0v) is 13.8. The Labute approximate surface area is 147 Å². The number of ether oxygens (including phenoxy) is 1. The van der Waals surface area contributed by atoms with E-state index in [1.165, 1.54) is 16.8 Å². The van der Waals surface area contributed by atoms with Gasteiger partial charge in [-0.2, -0.15) is 13.5 Å². The minimum Gasteiger partial charge on any atom is -0.480 e. The SMILES string of the molecule is Cl.O=C(O)[C@@H]1CCCN1Cc1nnnn1-c1ccc(OC(F)F)cc1. The molecule has 1 atom stereocenters. The van der Waals surface area contributed by atoms with E-state index in [2.05, 4.69) is 20.3 Å². The quantitative estimate of drug-likeness (QED) is 0.821. The predicted octanol–water partition coefficient (Wildman–Crippen LogP) is 1.73. The van der Waals surface area contributed by atoms with Gasteiger partial charge in [0.1, 0.15) is 11.8 Å². The molecule has 1 aromatic carbocycles. The molecule has 2 heterocycles. The molecule has 0 saturated carbocycles. The zero-order chi connectivity index (χ0) is 17.1. The second-order valence-corrected chi connectivity index (χ2v) is 5.35. The predicted molar refractivity (Wildman–Crippen MR) is 84.1 cm³/mol. The summed E-state index contributed by atoms with van der Waals surface area (Å²) >= 11 is 0. The van der Waals surface area contributed by atoms with Gasteiger partial charge in [0.05, 0.1) is 12.2 Å². The molecular weight excluding hydrogens is 360 g/mol. The number of tetrazole rings is 1. The minimum absolute atomic E-state index is 0. The van der Waals surface area contributed by atoms with Crippen LogP contribution in [-0.2, 0) is 11.3 Å². The Bertz CT molecular complexity index is 713. The van der Waals surface area contributed by atoms with Crippen molar-refractivity contribution in [1.82, 2.24) is 25.1 Å². The summed E-state index contributed by atoms with van der Waals surface area (Å²) in [4.78, 5) is 13.1. The normalized spacial score (nSPS) is 17.5. The van der Waals surface area contributed by atoms with Crippen LogP contribution in [0, 0.1) is 0 Å². The molecule has 1 aliphatic rings. The first kappa shape index (κ1) is 19.0. The molecule has 0 amide bonds. The third kappa shape index (κ3) is 4.40. The second kappa shape index (κ2) is 8.17. The molecule has 136 valence electrons. The van der Waals surface area contributed by atoms with Crippen molar-refractivity contribution in [3.8, 4) is 11.4 Å². The van der Waals surface area contributed by atoms with E-state index in [0.717, 1.165) is 6.42 Å². The molecule has 0 spiro atoms. The molecule has 1 saturated heterocycles. The van der Waals surface area contributed by atoms with E-state index in [4.69, 9.17) is 0 Å². The molecule has 11 heteroatoms. The lowest BCUT2D eigenvalue weighted by Gasteiger charge is -2.20. The van der Waals surface area contributed by atoms with Gasteiger partial charge in [0.25, 0.3) is 0 Å². The molecule has 0 aliphatic carbocycles. The third-order valence-electron chi connectivity index (χ3n) is 3.83. The number of carbonyl (C=O) groups is 1. The molecule has 3 rings (SSSR count). The first-order valence-corrected chi connectivity index (χ1v) is 7.34. The fourth-order valence-corrected chi connectivity index (χ4v) is 2.75. The van der Waals surface area contributed by atoms with E-state index in [0.29, 0.717) is 31.0 Å². The van der Waals surface area contributed by atoms with Crippen molar-refractivity contribution >= 4 is 18.4 Å². The van der Waals surface area contributed by atoms with Crippen molar-refractivity contribution < 1.29 is 23.4 Å². The van der Waals surface area contributed by atoms with Crippen molar-refractivity contribution in [2.75, 3.05) is 6.54 Å². The number of nitrogens with zero attached hydrogens (tertiary/aromatic N) is 5. The highest BCUT2D eigenvalue weighted by atomic mass is 35.5. The van der Waals surface area contributed by atoms with Gasteiger partial charge in [0, 0.05) is 0 Å². The maximum absolute atomic E-state index is 12.2. The molecule has 0 unspecified atom stereocenters. The van der Waals surface area contributed by atoms with Gasteiger partial charge in [-0.25, -0.2) is 0 Å². The largest absolute Gasteiger partial charge is 0.480 e. The monoisotopic (exact) mass is 375 g/mol. The summed E-state index contributed by atoms with van der Waals surface area (Å²) in [5, 5.41) is 20.7. The molecule has 8 nitrogen and oxygen atoms in total. The Hall–Kier alpha value is -2.33. The summed E-state index contributed by atoms with van der Waals surface area (Å²) < 4.78 is 30.1. The summed E-state index contributed by atoms with van der Waals surface area (Å²) in [5.41, 5.74) is 0.572. The summed E-state index contributed by atoms with van der Waals surface area (Å²) in [6.45, 7) is -1.94. The van der Waals surface area contributed by atoms with Crippen LogP contribution in [0.1, 0.15) is 18.7 Å². The lowest BCUT2D eigenvalue weighted by molar-refractivity contribution is -0.142. The highest BCUT2D eigenvalue weighted by Gasteiger charge is 2.31. The summed E-state index contributed by atoms with van der Waals surface area (Å²) in [5.74, 6) is -0.348. The van der Waals surface area contributed by atoms with Crippen LogP contribution in [0.15, 0.2) is 24.3 Å². The number of halogens is 3. The standard InChI is InChI=1S/C14H15F2N5O3.ClH/c15-14(16)24-10-5-3-9(4-6-10)21-12(17-18-19-21)8-20-7-1-2-11(20)13(22)23;/h3-6,11,14H,1-2,7-8H2,(H,22,23);1H/t11-;/m0./s1. The topological polar surface area (TPSA) is 93.4 Å². The lowest BCUT2D eigenvalue weighted by atomic mass is 10.2. The van der Waals surface area contributed by atoms with Crippen molar-refractivity contribution in [3.05, 3.63) is 30.1 Å². The maximum atomic E-state index is 12.2. The number of carboxylic acids is 1. The van der Waals surface area contributed by atoms with E-state index in [-0.39, 0.29) is 18.2 Å². The van der Waals surface area contributed by atoms with Crippen LogP contribution in [0.25, 0.3) is 5.69 Å². The molecule has 1 aliphatic heterocycles. The van der Waals surface area contributed by atoms with Gasteiger partial charge in [0.2, 0.25) is 0 Å². The van der Waals surface area contributed by atoms with Gasteiger partial charge in [-0.1, -0.05) is 0 Å². The van der Waals surface area contributed by atoms with Crippen LogP contribution < -0.4 is 4.74 Å². The van der Waals surface area contributed by atoms with Gasteiger partial charge in [0.15, 0.2) is 5.82 Å². The van der Waals surface area contributed by atoms with E-state index < -0.39 is 18.6 Å². The van der Waals surface area contributed by atoms with E-state index in [9.17, 15) is 18.7 Å². The van der Waals surface area contributed by atoms with E-state index in [1.807, 2.05) is 0 Å². The number of rotatable bonds is 6. The van der Waals surface area contributed by atoms with Crippen LogP contribution >= 0.6 is 12.4 Å². The smallest absolute Gasteiger partial charge is 0.387 e. The van der Waals surface area contributed by atoms with E-state index in [1.54, 1.807) is 17.0 Å². The van der Waals surface area contributed by atoms with Gasteiger partial charge in [-0.15, -0.1) is 17.5 Å². The number of aromatic nitrogens is 4. The highest BCUT2D eigenvalue weighted by molar-refractivity contribution is 5.85. The number of alkyl halides is 2. The Balaban J connectivity index is 0.00000225. The number of likely N-dealkylation sites (tertiary alicyclic amines) is 1. The van der Waals surface area contributed by atoms with Crippen molar-refractivity contribution in [3.63, 3.8) is 0 Å². The number of hydrogen-bond donors (Lipinski definition) is 1. The number of benzene rings is 1. The zero-order valence-electron chi connectivity index (χ0n) is 13.0. The maximum Gasteiger partial charge on any atom is 0.387 e. The summed E-state index contributed by atoms with van der Waals surface area (Å²) in [6, 6.07) is 5.34. The second-order valence-electron chi connectivity index (χ2n) is 5.35. The van der Waals surface area contributed by atoms with Gasteiger partial charge >= 0.3 is 12.6 Å². The fourth-order valence-electron chi connectivity index (χ4n) is 2.75. The third-order valence-corrected chi connectivity index (χ3v) is 3.83. The number of hydrogen-bond acceptors (Lipinski definition) is 6. The summed E-state index contributed by atoms with van der Waals surface area (Å²) in [6.07, 6.45) is 1.40. The average Bonchev–Trinajstić information content (AvgIpc) is 3.17. The highest BCUT2D eigenvalue weighted by Crippen LogP contribution is 2.21. The summed E-state index contributed by atoms with van der Waals surface area (Å²) in [7, 11) is 0. The van der Waals surface area contributed by atoms with Gasteiger partial charge in [-0.3, -0.25) is 9.69 Å². The van der Waals surface area contributed by atoms with Crippen LogP contribution in [-0.4, -0.2) is 55.4 Å². The Morgan fingerprint density at radius 1 is 1.36 bits per heavy atom. The fraction of sp³-hybridized carbons (Fsp3) is 0.429. The number of carboxylic acid groups (broad SMARTS) is 1. The number of aliphatic carboxylic acids is 1. The molecule has 0 radical (unpaired) electrons. The van der Waals surface area contributed by atoms with Crippen LogP contribution in [0.4, 0.5) is 8.78 Å². The first-order valence-electron chi connectivity index (χ1n) is 7.34. The minimum atomic E-state index is -2.89. The Kier molecular flexibility index (Phi) is 6.21. The van der Waals surface area contributed by atoms with Gasteiger partial charge < -0.3 is 9.84 Å². The molecule has 0 bridgehead atoms. The molecule has 2 aromatic rings. The molecule has 1 fully saturated rings. The van der Waals surface area contributed by atoms with Crippen molar-refractivity contribution in [2.45, 2.75) is 32.0 Å². The Morgan fingerprint density at radius 3 is 2.72 bits per heavy atom. The van der Waals surface area contributed by atoms with Crippen LogP contribution in [0.3, 0.4) is 0 Å². The lowest BCUT2D eigenvalue weighted by Crippen LogP contribution is -2.36. The molecule has 25 heavy (non-hydrogen) atoms. The molecule has 1 N–H and O–H groups in total. The van der Waals surface area contributed by atoms with Crippen LogP contribution in [0.2, 0.25) is 0 Å². The molecular formula is C14H16ClF2N5O3. The van der Waals surface area contributed by atoms with Gasteiger partial charge in [-0.05, 0) is 54.1 Å². The molecule has 1 aromatic heterocycles. The van der Waals surface area contributed by atoms with Crippen molar-refractivity contribution in [1.29, 1.82) is 0 Å². The first-order chi connectivity index (χ1) is 11.5.